The average molecular weight is 229 g/mol. The number of hydrogen-bond acceptors (Lipinski definition) is 3. The van der Waals surface area contributed by atoms with Crippen LogP contribution in [0.5, 0.6) is 0 Å². The minimum atomic E-state index is 0.410. The van der Waals surface area contributed by atoms with Crippen LogP contribution in [-0.2, 0) is 0 Å². The molecule has 0 atom stereocenters. The number of amidine groups is 1. The number of thiol groups is 1. The number of nitrogens with zero attached hydrogens (tertiary/aromatic N) is 2. The molecule has 2 aromatic rings. The first-order valence-electron chi connectivity index (χ1n) is 4.80. The van der Waals surface area contributed by atoms with E-state index in [1.807, 2.05) is 42.5 Å². The number of hydrogen-bond donors (Lipinski definition) is 2. The molecule has 4 heteroatoms. The minimum absolute atomic E-state index is 0.410. The fourth-order valence-corrected chi connectivity index (χ4v) is 1.39. The van der Waals surface area contributed by atoms with Gasteiger partial charge in [-0.3, -0.25) is 4.98 Å². The summed E-state index contributed by atoms with van der Waals surface area (Å²) in [5.41, 5.74) is 7.30. The monoisotopic (exact) mass is 229 g/mol. The Hall–Kier alpha value is -1.81. The molecular formula is C12H11N3S. The summed E-state index contributed by atoms with van der Waals surface area (Å²) in [6, 6.07) is 13.0. The molecule has 0 spiro atoms. The molecule has 0 amide bonds. The molecule has 0 aliphatic rings. The van der Waals surface area contributed by atoms with Gasteiger partial charge >= 0.3 is 0 Å². The molecule has 16 heavy (non-hydrogen) atoms. The quantitative estimate of drug-likeness (QED) is 0.472. The van der Waals surface area contributed by atoms with Crippen LogP contribution in [0.3, 0.4) is 0 Å². The molecule has 2 rings (SSSR count). The van der Waals surface area contributed by atoms with Gasteiger partial charge in [0.05, 0.1) is 5.69 Å². The molecule has 2 N–H and O–H groups in total. The van der Waals surface area contributed by atoms with Crippen LogP contribution < -0.4 is 5.73 Å². The van der Waals surface area contributed by atoms with Crippen LogP contribution in [0.2, 0.25) is 0 Å². The topological polar surface area (TPSA) is 51.3 Å². The third kappa shape index (κ3) is 2.61. The molecular weight excluding hydrogens is 218 g/mol. The normalized spacial score (nSPS) is 11.4. The summed E-state index contributed by atoms with van der Waals surface area (Å²) in [6.07, 6.45) is 1.69. The van der Waals surface area contributed by atoms with E-state index in [9.17, 15) is 0 Å². The van der Waals surface area contributed by atoms with Gasteiger partial charge in [-0.25, -0.2) is 4.99 Å². The zero-order chi connectivity index (χ0) is 11.4. The first-order valence-corrected chi connectivity index (χ1v) is 5.25. The predicted octanol–water partition coefficient (Wildman–Crippen LogP) is 2.41. The molecule has 0 fully saturated rings. The van der Waals surface area contributed by atoms with E-state index in [0.29, 0.717) is 11.5 Å². The molecule has 0 bridgehead atoms. The van der Waals surface area contributed by atoms with Crippen molar-refractivity contribution < 1.29 is 0 Å². The van der Waals surface area contributed by atoms with Crippen LogP contribution >= 0.6 is 12.6 Å². The highest BCUT2D eigenvalue weighted by Crippen LogP contribution is 2.15. The standard InChI is InChI=1S/C12H11N3S/c13-12(11-3-1-2-8-14-11)15-9-4-6-10(16)7-5-9/h1-8,16H,(H2,13,15). The molecule has 0 aliphatic carbocycles. The Bertz CT molecular complexity index is 491. The van der Waals surface area contributed by atoms with E-state index >= 15 is 0 Å². The minimum Gasteiger partial charge on any atom is -0.382 e. The lowest BCUT2D eigenvalue weighted by molar-refractivity contribution is 1.27. The maximum Gasteiger partial charge on any atom is 0.150 e. The molecule has 1 aromatic heterocycles. The van der Waals surface area contributed by atoms with E-state index in [2.05, 4.69) is 22.6 Å². The molecule has 1 heterocycles. The lowest BCUT2D eigenvalue weighted by Gasteiger charge is -1.99. The Morgan fingerprint density at radius 2 is 1.88 bits per heavy atom. The summed E-state index contributed by atoms with van der Waals surface area (Å²) in [5.74, 6) is 0.410. The van der Waals surface area contributed by atoms with Crippen LogP contribution in [0, 0.1) is 0 Å². The second kappa shape index (κ2) is 4.81. The van der Waals surface area contributed by atoms with Gasteiger partial charge in [-0.05, 0) is 36.4 Å². The van der Waals surface area contributed by atoms with Crippen molar-refractivity contribution in [3.63, 3.8) is 0 Å². The molecule has 0 saturated carbocycles. The Labute approximate surface area is 99.5 Å². The van der Waals surface area contributed by atoms with Crippen molar-refractivity contribution in [2.24, 2.45) is 10.7 Å². The summed E-state index contributed by atoms with van der Waals surface area (Å²) in [4.78, 5) is 9.29. The van der Waals surface area contributed by atoms with E-state index in [4.69, 9.17) is 5.73 Å². The molecule has 80 valence electrons. The van der Waals surface area contributed by atoms with E-state index in [-0.39, 0.29) is 0 Å². The van der Waals surface area contributed by atoms with Crippen LogP contribution in [0.25, 0.3) is 0 Å². The third-order valence-electron chi connectivity index (χ3n) is 2.03. The van der Waals surface area contributed by atoms with Crippen LogP contribution in [0.15, 0.2) is 58.5 Å². The number of aliphatic imine (C=N–C) groups is 1. The average Bonchev–Trinajstić information content (AvgIpc) is 2.33. The molecule has 0 unspecified atom stereocenters. The van der Waals surface area contributed by atoms with Gasteiger partial charge in [-0.1, -0.05) is 6.07 Å². The van der Waals surface area contributed by atoms with Crippen molar-refractivity contribution >= 4 is 24.2 Å². The van der Waals surface area contributed by atoms with Gasteiger partial charge in [-0.2, -0.15) is 0 Å². The highest BCUT2D eigenvalue weighted by atomic mass is 32.1. The Morgan fingerprint density at radius 3 is 2.50 bits per heavy atom. The van der Waals surface area contributed by atoms with E-state index in [0.717, 1.165) is 10.6 Å². The lowest BCUT2D eigenvalue weighted by atomic mass is 10.3. The number of pyridine rings is 1. The van der Waals surface area contributed by atoms with Gasteiger partial charge in [-0.15, -0.1) is 12.6 Å². The van der Waals surface area contributed by atoms with Crippen molar-refractivity contribution in [1.82, 2.24) is 4.98 Å². The summed E-state index contributed by atoms with van der Waals surface area (Å²) >= 11 is 4.20. The fourth-order valence-electron chi connectivity index (χ4n) is 1.24. The van der Waals surface area contributed by atoms with Gasteiger partial charge in [0.25, 0.3) is 0 Å². The Kier molecular flexibility index (Phi) is 3.22. The van der Waals surface area contributed by atoms with Crippen LogP contribution in [0.4, 0.5) is 5.69 Å². The largest absolute Gasteiger partial charge is 0.382 e. The maximum atomic E-state index is 5.83. The van der Waals surface area contributed by atoms with Crippen molar-refractivity contribution in [3.05, 3.63) is 54.4 Å². The van der Waals surface area contributed by atoms with Crippen molar-refractivity contribution in [3.8, 4) is 0 Å². The van der Waals surface area contributed by atoms with E-state index in [1.54, 1.807) is 6.20 Å². The van der Waals surface area contributed by atoms with Crippen molar-refractivity contribution in [2.75, 3.05) is 0 Å². The molecule has 3 nitrogen and oxygen atoms in total. The number of rotatable bonds is 2. The van der Waals surface area contributed by atoms with Gasteiger partial charge in [0.2, 0.25) is 0 Å². The predicted molar refractivity (Wildman–Crippen MR) is 68.3 cm³/mol. The van der Waals surface area contributed by atoms with Gasteiger partial charge < -0.3 is 5.73 Å². The fraction of sp³-hybridized carbons (Fsp3) is 0. The zero-order valence-electron chi connectivity index (χ0n) is 8.54. The second-order valence-electron chi connectivity index (χ2n) is 3.23. The third-order valence-corrected chi connectivity index (χ3v) is 2.32. The highest BCUT2D eigenvalue weighted by Gasteiger charge is 1.98. The SMILES string of the molecule is NC(=Nc1ccc(S)cc1)c1ccccn1. The van der Waals surface area contributed by atoms with Crippen LogP contribution in [0.1, 0.15) is 5.69 Å². The molecule has 0 saturated heterocycles. The molecule has 0 aliphatic heterocycles. The molecule has 0 radical (unpaired) electrons. The number of aromatic nitrogens is 1. The first-order chi connectivity index (χ1) is 7.75. The Balaban J connectivity index is 2.28. The van der Waals surface area contributed by atoms with E-state index in [1.165, 1.54) is 0 Å². The first kappa shape index (κ1) is 10.7. The van der Waals surface area contributed by atoms with Gasteiger partial charge in [0, 0.05) is 11.1 Å². The lowest BCUT2D eigenvalue weighted by Crippen LogP contribution is -2.14. The van der Waals surface area contributed by atoms with Crippen LogP contribution in [-0.4, -0.2) is 10.8 Å². The van der Waals surface area contributed by atoms with E-state index < -0.39 is 0 Å². The Morgan fingerprint density at radius 1 is 1.12 bits per heavy atom. The summed E-state index contributed by atoms with van der Waals surface area (Å²) < 4.78 is 0. The second-order valence-corrected chi connectivity index (χ2v) is 3.74. The van der Waals surface area contributed by atoms with Crippen molar-refractivity contribution in [1.29, 1.82) is 0 Å². The van der Waals surface area contributed by atoms with Crippen molar-refractivity contribution in [2.45, 2.75) is 4.90 Å². The van der Waals surface area contributed by atoms with Gasteiger partial charge in [0.15, 0.2) is 0 Å². The van der Waals surface area contributed by atoms with Gasteiger partial charge in [0.1, 0.15) is 11.5 Å². The molecule has 1 aromatic carbocycles. The zero-order valence-corrected chi connectivity index (χ0v) is 9.43. The summed E-state index contributed by atoms with van der Waals surface area (Å²) in [6.45, 7) is 0. The smallest absolute Gasteiger partial charge is 0.150 e. The summed E-state index contributed by atoms with van der Waals surface area (Å²) in [5, 5.41) is 0. The highest BCUT2D eigenvalue weighted by molar-refractivity contribution is 7.80. The number of benzene rings is 1. The maximum absolute atomic E-state index is 5.83. The summed E-state index contributed by atoms with van der Waals surface area (Å²) in [7, 11) is 0. The number of nitrogens with two attached hydrogens (primary N) is 1.